The van der Waals surface area contributed by atoms with E-state index in [9.17, 15) is 0 Å². The Balaban J connectivity index is 1.32. The molecule has 162 valence electrons. The molecule has 0 N–H and O–H groups in total. The van der Waals surface area contributed by atoms with Crippen molar-refractivity contribution < 1.29 is 9.47 Å². The summed E-state index contributed by atoms with van der Waals surface area (Å²) in [7, 11) is 0. The molecule has 1 heterocycles. The van der Waals surface area contributed by atoms with E-state index < -0.39 is 0 Å². The molecule has 3 aromatic rings. The van der Waals surface area contributed by atoms with Crippen LogP contribution in [-0.4, -0.2) is 19.3 Å². The number of benzene rings is 3. The molecule has 3 heteroatoms. The molecule has 1 fully saturated rings. The number of hydrogen-bond acceptors (Lipinski definition) is 2. The van der Waals surface area contributed by atoms with Crippen molar-refractivity contribution in [2.45, 2.75) is 51.0 Å². The van der Waals surface area contributed by atoms with Crippen molar-refractivity contribution in [3.8, 4) is 5.75 Å². The lowest BCUT2D eigenvalue weighted by Crippen LogP contribution is -2.15. The molecule has 1 saturated heterocycles. The van der Waals surface area contributed by atoms with Crippen LogP contribution in [0.1, 0.15) is 54.4 Å². The maximum absolute atomic E-state index is 6.52. The number of aryl methyl sites for hydroxylation is 1. The van der Waals surface area contributed by atoms with Crippen molar-refractivity contribution in [1.82, 2.24) is 0 Å². The molecule has 0 spiro atoms. The lowest BCUT2D eigenvalue weighted by Gasteiger charge is -2.13. The second-order valence-electron chi connectivity index (χ2n) is 8.55. The van der Waals surface area contributed by atoms with Crippen LogP contribution < -0.4 is 4.74 Å². The molecule has 4 rings (SSSR count). The van der Waals surface area contributed by atoms with Gasteiger partial charge in [0, 0.05) is 11.4 Å². The summed E-state index contributed by atoms with van der Waals surface area (Å²) in [4.78, 5) is 0. The van der Waals surface area contributed by atoms with Crippen molar-refractivity contribution in [3.05, 3.63) is 100 Å². The Morgan fingerprint density at radius 2 is 1.77 bits per heavy atom. The average molecular weight is 435 g/mol. The molecule has 31 heavy (non-hydrogen) atoms. The van der Waals surface area contributed by atoms with Gasteiger partial charge in [-0.25, -0.2) is 0 Å². The van der Waals surface area contributed by atoms with Gasteiger partial charge < -0.3 is 9.47 Å². The summed E-state index contributed by atoms with van der Waals surface area (Å²) in [6.07, 6.45) is 5.43. The van der Waals surface area contributed by atoms with Gasteiger partial charge in [0.1, 0.15) is 11.9 Å². The molecule has 2 atom stereocenters. The minimum atomic E-state index is 0.182. The minimum Gasteiger partial charge on any atom is -0.488 e. The third-order valence-corrected chi connectivity index (χ3v) is 6.46. The predicted octanol–water partition coefficient (Wildman–Crippen LogP) is 7.22. The molecule has 1 aliphatic heterocycles. The third kappa shape index (κ3) is 6.35. The van der Waals surface area contributed by atoms with E-state index >= 15 is 0 Å². The van der Waals surface area contributed by atoms with Crippen LogP contribution in [0.4, 0.5) is 0 Å². The molecule has 2 nitrogen and oxygen atoms in total. The SMILES string of the molecule is CC(CCCc1ccc(Cl)c(Cc2ccc(OC3CCOC3)cc2)c1)c1ccccc1. The van der Waals surface area contributed by atoms with Crippen molar-refractivity contribution in [1.29, 1.82) is 0 Å². The predicted molar refractivity (Wildman–Crippen MR) is 128 cm³/mol. The van der Waals surface area contributed by atoms with Gasteiger partial charge in [0.25, 0.3) is 0 Å². The Hall–Kier alpha value is -2.29. The van der Waals surface area contributed by atoms with E-state index in [1.54, 1.807) is 0 Å². The fourth-order valence-corrected chi connectivity index (χ4v) is 4.37. The normalized spacial score (nSPS) is 16.9. The van der Waals surface area contributed by atoms with E-state index in [-0.39, 0.29) is 6.10 Å². The van der Waals surface area contributed by atoms with Gasteiger partial charge in [0.2, 0.25) is 0 Å². The van der Waals surface area contributed by atoms with E-state index in [0.717, 1.165) is 36.6 Å². The Morgan fingerprint density at radius 3 is 2.52 bits per heavy atom. The van der Waals surface area contributed by atoms with Crippen molar-refractivity contribution in [3.63, 3.8) is 0 Å². The first-order valence-electron chi connectivity index (χ1n) is 11.3. The number of rotatable bonds is 9. The Morgan fingerprint density at radius 1 is 1.00 bits per heavy atom. The van der Waals surface area contributed by atoms with Gasteiger partial charge in [-0.2, -0.15) is 0 Å². The summed E-state index contributed by atoms with van der Waals surface area (Å²) in [6.45, 7) is 3.80. The highest BCUT2D eigenvalue weighted by atomic mass is 35.5. The molecular formula is C28H31ClO2. The summed E-state index contributed by atoms with van der Waals surface area (Å²) in [5.74, 6) is 1.50. The van der Waals surface area contributed by atoms with Crippen LogP contribution in [0, 0.1) is 0 Å². The summed E-state index contributed by atoms with van der Waals surface area (Å²) in [5, 5.41) is 0.838. The lowest BCUT2D eigenvalue weighted by atomic mass is 9.93. The molecule has 1 aliphatic rings. The van der Waals surface area contributed by atoms with Crippen LogP contribution in [-0.2, 0) is 17.6 Å². The zero-order valence-corrected chi connectivity index (χ0v) is 19.0. The topological polar surface area (TPSA) is 18.5 Å². The van der Waals surface area contributed by atoms with Gasteiger partial charge in [0.05, 0.1) is 13.2 Å². The summed E-state index contributed by atoms with van der Waals surface area (Å²) < 4.78 is 11.3. The van der Waals surface area contributed by atoms with Gasteiger partial charge >= 0.3 is 0 Å². The molecule has 2 unspecified atom stereocenters. The highest BCUT2D eigenvalue weighted by Crippen LogP contribution is 2.25. The summed E-state index contributed by atoms with van der Waals surface area (Å²) in [5.41, 5.74) is 5.22. The van der Waals surface area contributed by atoms with E-state index in [2.05, 4.69) is 73.7 Å². The zero-order chi connectivity index (χ0) is 21.5. The molecule has 0 bridgehead atoms. The van der Waals surface area contributed by atoms with Crippen LogP contribution in [0.5, 0.6) is 5.75 Å². The van der Waals surface area contributed by atoms with Gasteiger partial charge in [-0.15, -0.1) is 0 Å². The molecule has 0 amide bonds. The first-order valence-corrected chi connectivity index (χ1v) is 11.7. The van der Waals surface area contributed by atoms with Crippen LogP contribution in [0.15, 0.2) is 72.8 Å². The fourth-order valence-electron chi connectivity index (χ4n) is 4.18. The standard InChI is InChI=1S/C28H31ClO2/c1-21(24-8-3-2-4-9-24)6-5-7-22-12-15-28(29)25(18-22)19-23-10-13-26(14-11-23)31-27-16-17-30-20-27/h2-4,8-15,18,21,27H,5-7,16-17,19-20H2,1H3. The minimum absolute atomic E-state index is 0.182. The van der Waals surface area contributed by atoms with Gasteiger partial charge in [-0.1, -0.05) is 73.1 Å². The molecule has 0 radical (unpaired) electrons. The summed E-state index contributed by atoms with van der Waals surface area (Å²) >= 11 is 6.52. The summed E-state index contributed by atoms with van der Waals surface area (Å²) in [6, 6.07) is 25.6. The van der Waals surface area contributed by atoms with Crippen LogP contribution >= 0.6 is 11.6 Å². The maximum Gasteiger partial charge on any atom is 0.124 e. The largest absolute Gasteiger partial charge is 0.488 e. The zero-order valence-electron chi connectivity index (χ0n) is 18.2. The quantitative estimate of drug-likeness (QED) is 0.353. The van der Waals surface area contributed by atoms with E-state index in [1.165, 1.54) is 35.1 Å². The lowest BCUT2D eigenvalue weighted by molar-refractivity contribution is 0.141. The van der Waals surface area contributed by atoms with Crippen LogP contribution in [0.25, 0.3) is 0 Å². The highest BCUT2D eigenvalue weighted by Gasteiger charge is 2.17. The molecule has 0 saturated carbocycles. The second-order valence-corrected chi connectivity index (χ2v) is 8.96. The van der Waals surface area contributed by atoms with E-state index in [0.29, 0.717) is 12.5 Å². The second kappa shape index (κ2) is 10.8. The first kappa shape index (κ1) is 21.9. The molecule has 0 aromatic heterocycles. The fraction of sp³-hybridized carbons (Fsp3) is 0.357. The first-order chi connectivity index (χ1) is 15.2. The van der Waals surface area contributed by atoms with Crippen LogP contribution in [0.2, 0.25) is 5.02 Å². The molecular weight excluding hydrogens is 404 g/mol. The van der Waals surface area contributed by atoms with Crippen molar-refractivity contribution in [2.24, 2.45) is 0 Å². The number of ether oxygens (including phenoxy) is 2. The van der Waals surface area contributed by atoms with E-state index in [4.69, 9.17) is 21.1 Å². The van der Waals surface area contributed by atoms with Crippen LogP contribution in [0.3, 0.4) is 0 Å². The Labute approximate surface area is 191 Å². The third-order valence-electron chi connectivity index (χ3n) is 6.09. The van der Waals surface area contributed by atoms with Crippen molar-refractivity contribution in [2.75, 3.05) is 13.2 Å². The van der Waals surface area contributed by atoms with Gasteiger partial charge in [-0.3, -0.25) is 0 Å². The smallest absolute Gasteiger partial charge is 0.124 e. The average Bonchev–Trinajstić information content (AvgIpc) is 3.31. The van der Waals surface area contributed by atoms with E-state index in [1.807, 2.05) is 6.07 Å². The Bertz CT molecular complexity index is 947. The highest BCUT2D eigenvalue weighted by molar-refractivity contribution is 6.31. The molecule has 0 aliphatic carbocycles. The monoisotopic (exact) mass is 434 g/mol. The van der Waals surface area contributed by atoms with Crippen molar-refractivity contribution >= 4 is 11.6 Å². The number of hydrogen-bond donors (Lipinski definition) is 0. The number of halogens is 1. The van der Waals surface area contributed by atoms with Gasteiger partial charge in [0.15, 0.2) is 0 Å². The maximum atomic E-state index is 6.52. The Kier molecular flexibility index (Phi) is 7.66. The molecule has 3 aromatic carbocycles. The van der Waals surface area contributed by atoms with Gasteiger partial charge in [-0.05, 0) is 72.1 Å².